The minimum absolute atomic E-state index is 0.381. The van der Waals surface area contributed by atoms with Crippen molar-refractivity contribution in [3.8, 4) is 0 Å². The Morgan fingerprint density at radius 3 is 3.06 bits per heavy atom. The van der Waals surface area contributed by atoms with Crippen molar-refractivity contribution in [1.29, 1.82) is 0 Å². The van der Waals surface area contributed by atoms with Crippen LogP contribution in [0.3, 0.4) is 0 Å². The molecule has 1 aliphatic heterocycles. The Balaban J connectivity index is 1.75. The van der Waals surface area contributed by atoms with E-state index in [0.717, 1.165) is 31.4 Å². The molecular weight excluding hydrogens is 242 g/mol. The molecule has 1 saturated heterocycles. The van der Waals surface area contributed by atoms with Crippen LogP contribution in [0.5, 0.6) is 0 Å². The van der Waals surface area contributed by atoms with Gasteiger partial charge in [0.1, 0.15) is 5.01 Å². The van der Waals surface area contributed by atoms with Crippen LogP contribution < -0.4 is 5.73 Å². The van der Waals surface area contributed by atoms with Crippen LogP contribution in [0.25, 0.3) is 10.2 Å². The van der Waals surface area contributed by atoms with Crippen LogP contribution >= 0.6 is 11.3 Å². The number of para-hydroxylation sites is 1. The number of piperidine rings is 1. The lowest BCUT2D eigenvalue weighted by atomic mass is 9.99. The number of benzene rings is 1. The number of nitrogens with zero attached hydrogens (tertiary/aromatic N) is 2. The number of thiazole rings is 1. The molecule has 96 valence electrons. The quantitative estimate of drug-likeness (QED) is 0.903. The second-order valence-electron chi connectivity index (χ2n) is 5.18. The predicted molar refractivity (Wildman–Crippen MR) is 76.7 cm³/mol. The highest BCUT2D eigenvalue weighted by molar-refractivity contribution is 7.18. The molecule has 1 aromatic carbocycles. The summed E-state index contributed by atoms with van der Waals surface area (Å²) < 4.78 is 1.29. The van der Waals surface area contributed by atoms with Crippen molar-refractivity contribution in [3.05, 3.63) is 29.3 Å². The highest BCUT2D eigenvalue weighted by Gasteiger charge is 2.23. The zero-order valence-electron chi connectivity index (χ0n) is 10.7. The van der Waals surface area contributed by atoms with E-state index in [-0.39, 0.29) is 0 Å². The Bertz CT molecular complexity index is 504. The van der Waals surface area contributed by atoms with Gasteiger partial charge in [0.25, 0.3) is 0 Å². The third-order valence-corrected chi connectivity index (χ3v) is 4.75. The average Bonchev–Trinajstić information content (AvgIpc) is 2.75. The largest absolute Gasteiger partial charge is 0.328 e. The minimum Gasteiger partial charge on any atom is -0.328 e. The molecule has 2 heterocycles. The van der Waals surface area contributed by atoms with Crippen LogP contribution in [-0.2, 0) is 6.54 Å². The monoisotopic (exact) mass is 261 g/mol. The summed E-state index contributed by atoms with van der Waals surface area (Å²) in [4.78, 5) is 7.21. The molecule has 0 spiro atoms. The second-order valence-corrected chi connectivity index (χ2v) is 6.29. The van der Waals surface area contributed by atoms with E-state index in [9.17, 15) is 0 Å². The number of likely N-dealkylation sites (tertiary alicyclic amines) is 1. The Kier molecular flexibility index (Phi) is 3.33. The Hall–Kier alpha value is -0.970. The average molecular weight is 261 g/mol. The van der Waals surface area contributed by atoms with Crippen molar-refractivity contribution in [2.45, 2.75) is 38.4 Å². The smallest absolute Gasteiger partial charge is 0.108 e. The third kappa shape index (κ3) is 2.41. The van der Waals surface area contributed by atoms with Crippen molar-refractivity contribution in [1.82, 2.24) is 9.88 Å². The first-order valence-corrected chi connectivity index (χ1v) is 7.38. The molecule has 1 aliphatic rings. The maximum Gasteiger partial charge on any atom is 0.108 e. The van der Waals surface area contributed by atoms with Gasteiger partial charge in [-0.3, -0.25) is 4.90 Å². The summed E-state index contributed by atoms with van der Waals surface area (Å²) in [5.41, 5.74) is 7.13. The number of hydrogen-bond acceptors (Lipinski definition) is 4. The molecule has 0 radical (unpaired) electrons. The van der Waals surface area contributed by atoms with Crippen LogP contribution in [0, 0.1) is 0 Å². The summed E-state index contributed by atoms with van der Waals surface area (Å²) in [5.74, 6) is 0. The van der Waals surface area contributed by atoms with Crippen molar-refractivity contribution in [2.24, 2.45) is 5.73 Å². The summed E-state index contributed by atoms with van der Waals surface area (Å²) in [6.45, 7) is 4.33. The van der Waals surface area contributed by atoms with E-state index in [0.29, 0.717) is 12.1 Å². The molecule has 2 unspecified atom stereocenters. The predicted octanol–water partition coefficient (Wildman–Crippen LogP) is 2.61. The van der Waals surface area contributed by atoms with Gasteiger partial charge in [-0.2, -0.15) is 0 Å². The number of hydrogen-bond donors (Lipinski definition) is 1. The summed E-state index contributed by atoms with van der Waals surface area (Å²) in [5, 5.41) is 1.22. The van der Waals surface area contributed by atoms with Gasteiger partial charge in [0.2, 0.25) is 0 Å². The molecule has 18 heavy (non-hydrogen) atoms. The molecule has 0 bridgehead atoms. The lowest BCUT2D eigenvalue weighted by Gasteiger charge is -2.35. The second kappa shape index (κ2) is 4.96. The first kappa shape index (κ1) is 12.1. The lowest BCUT2D eigenvalue weighted by Crippen LogP contribution is -2.44. The molecule has 3 nitrogen and oxygen atoms in total. The first-order chi connectivity index (χ1) is 8.72. The molecule has 0 aliphatic carbocycles. The highest BCUT2D eigenvalue weighted by Crippen LogP contribution is 2.25. The SMILES string of the molecule is CC1CC(N)CCN1Cc1nc2ccccc2s1. The number of fused-ring (bicyclic) bond motifs is 1. The lowest BCUT2D eigenvalue weighted by molar-refractivity contribution is 0.140. The fourth-order valence-corrected chi connectivity index (χ4v) is 3.65. The van der Waals surface area contributed by atoms with Gasteiger partial charge in [-0.1, -0.05) is 12.1 Å². The van der Waals surface area contributed by atoms with Gasteiger partial charge in [0, 0.05) is 18.6 Å². The zero-order chi connectivity index (χ0) is 12.5. The molecule has 3 rings (SSSR count). The van der Waals surface area contributed by atoms with E-state index in [1.54, 1.807) is 0 Å². The number of rotatable bonds is 2. The molecule has 2 aromatic rings. The van der Waals surface area contributed by atoms with Crippen molar-refractivity contribution in [2.75, 3.05) is 6.54 Å². The van der Waals surface area contributed by atoms with E-state index in [1.807, 2.05) is 17.4 Å². The maximum absolute atomic E-state index is 6.00. The molecular formula is C14H19N3S. The number of nitrogens with two attached hydrogens (primary N) is 1. The fourth-order valence-electron chi connectivity index (χ4n) is 2.65. The molecule has 0 saturated carbocycles. The maximum atomic E-state index is 6.00. The molecule has 2 N–H and O–H groups in total. The van der Waals surface area contributed by atoms with E-state index < -0.39 is 0 Å². The third-order valence-electron chi connectivity index (χ3n) is 3.73. The van der Waals surface area contributed by atoms with Crippen LogP contribution in [0.4, 0.5) is 0 Å². The molecule has 1 fully saturated rings. The Labute approximate surface area is 112 Å². The van der Waals surface area contributed by atoms with E-state index in [4.69, 9.17) is 10.7 Å². The van der Waals surface area contributed by atoms with E-state index in [2.05, 4.69) is 30.0 Å². The summed E-state index contributed by atoms with van der Waals surface area (Å²) in [6, 6.07) is 9.31. The molecule has 1 aromatic heterocycles. The van der Waals surface area contributed by atoms with Crippen LogP contribution in [0.1, 0.15) is 24.8 Å². The summed E-state index contributed by atoms with van der Waals surface area (Å²) in [6.07, 6.45) is 2.21. The van der Waals surface area contributed by atoms with Gasteiger partial charge in [-0.15, -0.1) is 11.3 Å². The topological polar surface area (TPSA) is 42.1 Å². The van der Waals surface area contributed by atoms with E-state index in [1.165, 1.54) is 9.71 Å². The molecule has 4 heteroatoms. The van der Waals surface area contributed by atoms with Crippen molar-refractivity contribution in [3.63, 3.8) is 0 Å². The normalized spacial score (nSPS) is 25.7. The standard InChI is InChI=1S/C14H19N3S/c1-10-8-11(15)6-7-17(10)9-14-16-12-4-2-3-5-13(12)18-14/h2-5,10-11H,6-9,15H2,1H3. The van der Waals surface area contributed by atoms with Gasteiger partial charge in [-0.25, -0.2) is 4.98 Å². The van der Waals surface area contributed by atoms with Crippen LogP contribution in [0.15, 0.2) is 24.3 Å². The van der Waals surface area contributed by atoms with Gasteiger partial charge in [-0.05, 0) is 31.9 Å². The summed E-state index contributed by atoms with van der Waals surface area (Å²) >= 11 is 1.81. The van der Waals surface area contributed by atoms with Gasteiger partial charge >= 0.3 is 0 Å². The Morgan fingerprint density at radius 1 is 1.44 bits per heavy atom. The van der Waals surface area contributed by atoms with Gasteiger partial charge in [0.05, 0.1) is 16.8 Å². The van der Waals surface area contributed by atoms with E-state index >= 15 is 0 Å². The first-order valence-electron chi connectivity index (χ1n) is 6.56. The van der Waals surface area contributed by atoms with Gasteiger partial charge < -0.3 is 5.73 Å². The zero-order valence-corrected chi connectivity index (χ0v) is 11.5. The van der Waals surface area contributed by atoms with Crippen molar-refractivity contribution < 1.29 is 0 Å². The number of aromatic nitrogens is 1. The summed E-state index contributed by atoms with van der Waals surface area (Å²) in [7, 11) is 0. The van der Waals surface area contributed by atoms with Crippen molar-refractivity contribution >= 4 is 21.6 Å². The molecule has 2 atom stereocenters. The van der Waals surface area contributed by atoms with Crippen LogP contribution in [0.2, 0.25) is 0 Å². The Morgan fingerprint density at radius 2 is 2.28 bits per heavy atom. The van der Waals surface area contributed by atoms with Crippen LogP contribution in [-0.4, -0.2) is 28.5 Å². The molecule has 0 amide bonds. The fraction of sp³-hybridized carbons (Fsp3) is 0.500. The minimum atomic E-state index is 0.381. The highest BCUT2D eigenvalue weighted by atomic mass is 32.1. The van der Waals surface area contributed by atoms with Gasteiger partial charge in [0.15, 0.2) is 0 Å².